The molecule has 11 saturated heterocycles. The molecule has 63 heteroatoms. The van der Waals surface area contributed by atoms with Crippen LogP contribution in [0.5, 0.6) is 0 Å². The van der Waals surface area contributed by atoms with Crippen LogP contribution in [0.25, 0.3) is 0 Å². The zero-order valence-corrected chi connectivity index (χ0v) is 77.5. The summed E-state index contributed by atoms with van der Waals surface area (Å²) >= 11 is 0. The molecule has 0 bridgehead atoms. The number of carbonyl (C=O) groups is 7. The molecule has 63 nitrogen and oxygen atoms in total. The monoisotopic (exact) mass is 2090 g/mol. The van der Waals surface area contributed by atoms with Crippen molar-refractivity contribution in [2.75, 3.05) is 72.7 Å². The van der Waals surface area contributed by atoms with Gasteiger partial charge in [-0.15, -0.1) is 0 Å². The molecule has 0 aromatic carbocycles. The van der Waals surface area contributed by atoms with Gasteiger partial charge in [-0.3, -0.25) is 33.6 Å². The quantitative estimate of drug-likeness (QED) is 0.0273. The summed E-state index contributed by atoms with van der Waals surface area (Å²) in [6.45, 7) is -6.30. The minimum absolute atomic E-state index is 0.836. The van der Waals surface area contributed by atoms with E-state index >= 15 is 0 Å². The van der Waals surface area contributed by atoms with Gasteiger partial charge < -0.3 is 280 Å². The minimum atomic E-state index is -2.78. The van der Waals surface area contributed by atoms with Gasteiger partial charge in [0.1, 0.15) is 268 Å². The van der Waals surface area contributed by atoms with Crippen molar-refractivity contribution in [3.63, 3.8) is 0 Å². The van der Waals surface area contributed by atoms with E-state index in [2.05, 4.69) is 37.2 Å². The summed E-state index contributed by atoms with van der Waals surface area (Å²) < 4.78 is 128. The Morgan fingerprint density at radius 1 is 0.182 bits per heavy atom. The second kappa shape index (κ2) is 51.9. The number of aliphatic hydroxyl groups is 28. The van der Waals surface area contributed by atoms with E-state index in [9.17, 15) is 177 Å². The summed E-state index contributed by atoms with van der Waals surface area (Å²) in [4.78, 5) is 89.9. The van der Waals surface area contributed by atoms with E-state index in [1.807, 2.05) is 0 Å². The lowest BCUT2D eigenvalue weighted by molar-refractivity contribution is -0.406. The zero-order chi connectivity index (χ0) is 105. The van der Waals surface area contributed by atoms with Gasteiger partial charge in [0.25, 0.3) is 0 Å². The highest BCUT2D eigenvalue weighted by Gasteiger charge is 2.63. The smallest absolute Gasteiger partial charge is 0.217 e. The first-order chi connectivity index (χ1) is 67.6. The number of amides is 7. The van der Waals surface area contributed by atoms with E-state index in [0.717, 1.165) is 48.5 Å². The predicted octanol–water partition coefficient (Wildman–Crippen LogP) is -24.0. The Balaban J connectivity index is 1.00. The summed E-state index contributed by atoms with van der Waals surface area (Å²) in [6, 6.07) is -13.2. The van der Waals surface area contributed by atoms with Gasteiger partial charge in [-0.2, -0.15) is 0 Å². The number of nitrogens with one attached hydrogen (secondary N) is 7. The highest BCUT2D eigenvalue weighted by atomic mass is 16.8. The van der Waals surface area contributed by atoms with Gasteiger partial charge in [-0.25, -0.2) is 0 Å². The Bertz CT molecular complexity index is 4050. The molecule has 0 radical (unpaired) electrons. The molecule has 11 aliphatic heterocycles. The van der Waals surface area contributed by atoms with Crippen molar-refractivity contribution in [2.24, 2.45) is 0 Å². The lowest BCUT2D eigenvalue weighted by Gasteiger charge is -2.52. The van der Waals surface area contributed by atoms with Crippen LogP contribution in [0.15, 0.2) is 0 Å². The lowest BCUT2D eigenvalue weighted by Crippen LogP contribution is -2.71. The van der Waals surface area contributed by atoms with E-state index in [4.69, 9.17) is 99.5 Å². The second-order valence-electron chi connectivity index (χ2n) is 36.0. The van der Waals surface area contributed by atoms with Crippen molar-refractivity contribution < 1.29 is 276 Å². The first-order valence-electron chi connectivity index (χ1n) is 45.6. The van der Waals surface area contributed by atoms with Gasteiger partial charge in [0.05, 0.1) is 72.7 Å². The average molecular weight is 2090 g/mol. The van der Waals surface area contributed by atoms with E-state index in [1.54, 1.807) is 0 Å². The van der Waals surface area contributed by atoms with Crippen molar-refractivity contribution in [1.29, 1.82) is 0 Å². The van der Waals surface area contributed by atoms with Crippen LogP contribution >= 0.6 is 0 Å². The summed E-state index contributed by atoms with van der Waals surface area (Å²) in [5.41, 5.74) is 0. The van der Waals surface area contributed by atoms with E-state index in [-0.39, 0.29) is 0 Å². The maximum absolute atomic E-state index is 13.6. The van der Waals surface area contributed by atoms with Crippen molar-refractivity contribution in [3.05, 3.63) is 0 Å². The molecule has 824 valence electrons. The molecule has 0 aromatic rings. The Morgan fingerprint density at radius 2 is 0.385 bits per heavy atom. The topological polar surface area (TPSA) is 964 Å². The van der Waals surface area contributed by atoms with Crippen LogP contribution in [0.4, 0.5) is 0 Å². The minimum Gasteiger partial charge on any atom is -0.394 e. The summed E-state index contributed by atoms with van der Waals surface area (Å²) in [7, 11) is 0. The van der Waals surface area contributed by atoms with E-state index in [1.165, 1.54) is 0 Å². The molecular formula is C80H133N7O56. The maximum Gasteiger partial charge on any atom is 0.217 e. The molecule has 143 heavy (non-hydrogen) atoms. The zero-order valence-electron chi connectivity index (χ0n) is 77.5. The molecule has 1 unspecified atom stereocenters. The number of rotatable bonds is 38. The standard InChI is InChI=1S/C80H133N7O56/c1-19(97)81-37-55(115)62(31(13-93)125-70(37)122)136-75-42(86-24(6)102)56(116)64(32(14-94)131-75)139-78-61(121)67(50(110)36(134-78)18-124-79-68(142-74-41(85-23(5)101)54(114)47(107)29(11-91)129-74)58(118)48(108)35(135-79)17-123-71-38(82-20(2)98)51(111)44(104)26(8-88)126-71)141-80-69(59(119)65(34(16-96)133-80)137-72-39(83-21(3)99)52(112)45(105)27(9-89)127-72)143-76-43(87-25(7)103)57(117)63(33(15-95)132-76)138-77-60(120)66(49(109)30(12-92)130-77)140-73-40(84-22(4)100)53(113)46(106)28(10-90)128-73/h26-80,88-96,104-122H,8-18H2,1-7H3,(H,81,97)(H,82,98)(H,83,99)(H,84,100)(H,85,101)(H,86,102)(H,87,103)/t26-,27-,28-,29-,30-,31-,32-,33-,34-,35-,36-,37-,38-,39-,40-,41-,42-,43+,44-,45-,46-,47-,48-,49+,50-,51-,52-,53-,54-,55-,56-,57-,58+,59+,60-,61+,62-,63-,64-,65-,66+,67+,68+,69+,70?,71-,72+,73+,74+,75+,76+,77+,78+,79+,80-/m1/s1. The van der Waals surface area contributed by atoms with Crippen LogP contribution in [-0.2, 0) is 133 Å². The first kappa shape index (κ1) is 118. The molecule has 11 fully saturated rings. The third-order valence-electron chi connectivity index (χ3n) is 25.8. The first-order valence-corrected chi connectivity index (χ1v) is 45.6. The fourth-order valence-electron chi connectivity index (χ4n) is 18.5. The number of hydrogen-bond donors (Lipinski definition) is 35. The van der Waals surface area contributed by atoms with Gasteiger partial charge in [-0.1, -0.05) is 0 Å². The third-order valence-corrected chi connectivity index (χ3v) is 25.8. The highest BCUT2D eigenvalue weighted by Crippen LogP contribution is 2.42. The third kappa shape index (κ3) is 26.9. The van der Waals surface area contributed by atoms with Gasteiger partial charge in [0.15, 0.2) is 69.2 Å². The number of ether oxygens (including phenoxy) is 21. The molecule has 11 rings (SSSR count). The molecule has 7 amide bonds. The van der Waals surface area contributed by atoms with Crippen molar-refractivity contribution in [1.82, 2.24) is 37.2 Å². The van der Waals surface area contributed by atoms with Crippen molar-refractivity contribution >= 4 is 41.4 Å². The van der Waals surface area contributed by atoms with Gasteiger partial charge in [0.2, 0.25) is 41.4 Å². The van der Waals surface area contributed by atoms with Crippen LogP contribution in [0.2, 0.25) is 0 Å². The molecule has 0 aromatic heterocycles. The molecule has 0 aliphatic carbocycles. The summed E-state index contributed by atoms with van der Waals surface area (Å²) in [5.74, 6) is -6.54. The number of hydrogen-bond acceptors (Lipinski definition) is 56. The van der Waals surface area contributed by atoms with Crippen molar-refractivity contribution in [2.45, 2.75) is 386 Å². The van der Waals surface area contributed by atoms with E-state index in [0.29, 0.717) is 0 Å². The highest BCUT2D eigenvalue weighted by molar-refractivity contribution is 5.75. The van der Waals surface area contributed by atoms with Crippen LogP contribution in [0, 0.1) is 0 Å². The largest absolute Gasteiger partial charge is 0.394 e. The Labute approximate surface area is 810 Å². The normalized spacial score (nSPS) is 47.3. The SMILES string of the molecule is CC(=O)N[C@@H]1[C@H](O[C@@H]2[C@@H](O[C@@H]3[C@H](O)[C@H](O[C@H]4[C@H](O)[C@@H](NC(C)=O)[C@H](O[C@H]5[C@H](O)[C@@H](NC(C)=O)C(O)O[C@@H]5CO)O[C@@H]4CO)O[C@H](CO[C@H]4O[C@H](CO[C@@H]5O[C@H](CO)[C@@H](O)[C@H](O)[C@H]5NC(C)=O)[C@@H](O)[C@H](O)[C@@H]4O[C@@H]4O[C@H](CO)[C@@H](O)[C@H](O)[C@H]4NC(C)=O)[C@H]3O)O[C@H](CO)[C@@H](O[C@@H]3O[C@H](CO)[C@@H](O)[C@H](O)[C@H]3NC(C)=O)[C@@H]2O)O[C@H](CO)[C@@H](O[C@@H]2O[C@H](CO)[C@H](O)[C@H](O[C@@H]3O[C@H](CO)[C@@H](O)[C@H](O)[C@H]3NC(C)=O)[C@H]2O)[C@@H]1O. The fourth-order valence-corrected chi connectivity index (χ4v) is 18.5. The second-order valence-corrected chi connectivity index (χ2v) is 36.0. The van der Waals surface area contributed by atoms with Crippen LogP contribution in [0.3, 0.4) is 0 Å². The average Bonchev–Trinajstić information content (AvgIpc) is 0.737. The van der Waals surface area contributed by atoms with Crippen LogP contribution < -0.4 is 37.2 Å². The fraction of sp³-hybridized carbons (Fsp3) is 0.912. The van der Waals surface area contributed by atoms with Gasteiger partial charge >= 0.3 is 0 Å². The molecule has 0 spiro atoms. The Kier molecular flexibility index (Phi) is 42.7. The number of aliphatic hydroxyl groups excluding tert-OH is 28. The predicted molar refractivity (Wildman–Crippen MR) is 444 cm³/mol. The summed E-state index contributed by atoms with van der Waals surface area (Å²) in [6.07, 6.45) is -105. The van der Waals surface area contributed by atoms with Crippen LogP contribution in [-0.4, -0.2) is 594 Å². The molecular weight excluding hydrogens is 1950 g/mol. The van der Waals surface area contributed by atoms with Gasteiger partial charge in [0, 0.05) is 48.5 Å². The van der Waals surface area contributed by atoms with E-state index < -0.39 is 451 Å². The maximum atomic E-state index is 13.6. The van der Waals surface area contributed by atoms with Crippen molar-refractivity contribution in [3.8, 4) is 0 Å². The molecule has 55 atom stereocenters. The lowest BCUT2D eigenvalue weighted by atomic mass is 9.93. The molecule has 11 heterocycles. The Morgan fingerprint density at radius 3 is 0.727 bits per heavy atom. The van der Waals surface area contributed by atoms with Crippen LogP contribution in [0.1, 0.15) is 48.5 Å². The molecule has 11 aliphatic rings. The molecule has 35 N–H and O–H groups in total. The van der Waals surface area contributed by atoms with Gasteiger partial charge in [-0.05, 0) is 0 Å². The summed E-state index contributed by atoms with van der Waals surface area (Å²) in [5, 5.41) is 337. The Hall–Kier alpha value is -5.67. The number of carbonyl (C=O) groups excluding carboxylic acids is 7. The molecule has 0 saturated carbocycles.